The molecule has 0 saturated carbocycles. The molecule has 0 radical (unpaired) electrons. The highest BCUT2D eigenvalue weighted by Crippen LogP contribution is 2.31. The van der Waals surface area contributed by atoms with E-state index in [2.05, 4.69) is 21.4 Å². The molecule has 158 valence electrons. The third kappa shape index (κ3) is 5.69. The van der Waals surface area contributed by atoms with Gasteiger partial charge < -0.3 is 4.74 Å². The van der Waals surface area contributed by atoms with Crippen LogP contribution < -0.4 is 5.32 Å². The van der Waals surface area contributed by atoms with Crippen LogP contribution in [0.5, 0.6) is 0 Å². The van der Waals surface area contributed by atoms with Crippen LogP contribution in [-0.2, 0) is 21.7 Å². The fraction of sp³-hybridized carbons (Fsp3) is 0.182. The number of thioether (sulfide) groups is 1. The van der Waals surface area contributed by atoms with Gasteiger partial charge in [-0.25, -0.2) is 9.97 Å². The summed E-state index contributed by atoms with van der Waals surface area (Å²) in [6, 6.07) is 15.6. The highest BCUT2D eigenvalue weighted by molar-refractivity contribution is 8.00. The zero-order chi connectivity index (χ0) is 21.6. The van der Waals surface area contributed by atoms with Crippen molar-refractivity contribution < 1.29 is 14.3 Å². The first-order valence-corrected chi connectivity index (χ1v) is 12.3. The number of para-hydroxylation sites is 1. The van der Waals surface area contributed by atoms with Crippen LogP contribution in [0.1, 0.15) is 28.5 Å². The van der Waals surface area contributed by atoms with Crippen LogP contribution in [0.4, 0.5) is 5.13 Å². The lowest BCUT2D eigenvalue weighted by Crippen LogP contribution is -2.12. The van der Waals surface area contributed by atoms with Crippen LogP contribution >= 0.6 is 34.4 Å². The van der Waals surface area contributed by atoms with Crippen molar-refractivity contribution in [3.63, 3.8) is 0 Å². The number of ether oxygens (including phenoxy) is 1. The average Bonchev–Trinajstić information content (AvgIpc) is 3.39. The molecule has 2 aromatic carbocycles. The van der Waals surface area contributed by atoms with Crippen molar-refractivity contribution >= 4 is 61.7 Å². The second kappa shape index (κ2) is 10.0. The van der Waals surface area contributed by atoms with E-state index in [9.17, 15) is 9.59 Å². The van der Waals surface area contributed by atoms with Gasteiger partial charge in [0.05, 0.1) is 28.9 Å². The van der Waals surface area contributed by atoms with E-state index in [1.807, 2.05) is 30.3 Å². The summed E-state index contributed by atoms with van der Waals surface area (Å²) in [5.41, 5.74) is 3.28. The van der Waals surface area contributed by atoms with Crippen molar-refractivity contribution in [2.24, 2.45) is 0 Å². The number of benzene rings is 2. The molecule has 2 heterocycles. The zero-order valence-corrected chi connectivity index (χ0v) is 19.1. The van der Waals surface area contributed by atoms with Crippen LogP contribution in [0.15, 0.2) is 58.3 Å². The van der Waals surface area contributed by atoms with Crippen LogP contribution in [-0.4, -0.2) is 28.5 Å². The molecule has 31 heavy (non-hydrogen) atoms. The second-order valence-electron chi connectivity index (χ2n) is 6.51. The summed E-state index contributed by atoms with van der Waals surface area (Å²) < 4.78 is 7.13. The molecule has 0 spiro atoms. The van der Waals surface area contributed by atoms with Crippen molar-refractivity contribution in [3.8, 4) is 0 Å². The normalized spacial score (nSPS) is 10.9. The van der Waals surface area contributed by atoms with Crippen molar-refractivity contribution in [3.05, 3.63) is 70.7 Å². The predicted molar refractivity (Wildman–Crippen MR) is 126 cm³/mol. The van der Waals surface area contributed by atoms with E-state index in [0.717, 1.165) is 21.2 Å². The monoisotopic (exact) mass is 469 g/mol. The number of hydrogen-bond donors (Lipinski definition) is 1. The summed E-state index contributed by atoms with van der Waals surface area (Å²) >= 11 is 4.66. The molecule has 0 aliphatic carbocycles. The molecule has 2 aromatic heterocycles. The predicted octanol–water partition coefficient (Wildman–Crippen LogP) is 5.40. The van der Waals surface area contributed by atoms with E-state index in [4.69, 9.17) is 4.74 Å². The molecular formula is C22H19N3O3S3. The smallest absolute Gasteiger partial charge is 0.311 e. The minimum absolute atomic E-state index is 0.0984. The number of carbonyl (C=O) groups excluding carboxylic acids is 2. The van der Waals surface area contributed by atoms with E-state index in [1.54, 1.807) is 47.5 Å². The van der Waals surface area contributed by atoms with Crippen LogP contribution in [0, 0.1) is 0 Å². The molecule has 0 aliphatic heterocycles. The molecule has 1 N–H and O–H groups in total. The summed E-state index contributed by atoms with van der Waals surface area (Å²) in [6.45, 7) is 2.09. The molecule has 4 rings (SSSR count). The van der Waals surface area contributed by atoms with Crippen molar-refractivity contribution in [2.75, 3.05) is 11.9 Å². The van der Waals surface area contributed by atoms with Crippen molar-refractivity contribution in [2.45, 2.75) is 23.4 Å². The van der Waals surface area contributed by atoms with Gasteiger partial charge in [-0.2, -0.15) is 0 Å². The van der Waals surface area contributed by atoms with Gasteiger partial charge >= 0.3 is 5.97 Å². The average molecular weight is 470 g/mol. The number of nitrogens with one attached hydrogen (secondary N) is 1. The number of anilines is 1. The fourth-order valence-electron chi connectivity index (χ4n) is 2.78. The zero-order valence-electron chi connectivity index (χ0n) is 16.7. The first kappa shape index (κ1) is 21.5. The van der Waals surface area contributed by atoms with Gasteiger partial charge in [0.1, 0.15) is 0 Å². The molecule has 0 aliphatic rings. The first-order valence-electron chi connectivity index (χ1n) is 9.59. The Morgan fingerprint density at radius 3 is 2.68 bits per heavy atom. The van der Waals surface area contributed by atoms with Crippen molar-refractivity contribution in [1.82, 2.24) is 9.97 Å². The fourth-order valence-corrected chi connectivity index (χ4v) is 5.51. The molecule has 0 bridgehead atoms. The Bertz CT molecular complexity index is 1170. The van der Waals surface area contributed by atoms with Gasteiger partial charge in [-0.1, -0.05) is 36.0 Å². The second-order valence-corrected chi connectivity index (χ2v) is 9.62. The van der Waals surface area contributed by atoms with E-state index in [1.165, 1.54) is 16.0 Å². The number of nitrogens with zero attached hydrogens (tertiary/aromatic N) is 2. The van der Waals surface area contributed by atoms with E-state index >= 15 is 0 Å². The largest absolute Gasteiger partial charge is 0.466 e. The van der Waals surface area contributed by atoms with Crippen LogP contribution in [0.25, 0.3) is 10.2 Å². The minimum Gasteiger partial charge on any atom is -0.466 e. The Hall–Kier alpha value is -2.75. The molecule has 0 unspecified atom stereocenters. The lowest BCUT2D eigenvalue weighted by molar-refractivity contribution is -0.142. The highest BCUT2D eigenvalue weighted by atomic mass is 32.2. The van der Waals surface area contributed by atoms with Crippen LogP contribution in [0.3, 0.4) is 0 Å². The number of hydrogen-bond acceptors (Lipinski definition) is 8. The molecule has 0 fully saturated rings. The SMILES string of the molecule is CCOC(=O)Cc1csc(NC(=O)c2ccc(CSc3nc4ccccc4s3)cc2)n1. The molecule has 4 aromatic rings. The number of amides is 1. The van der Waals surface area contributed by atoms with Gasteiger partial charge in [0.15, 0.2) is 9.47 Å². The third-order valence-electron chi connectivity index (χ3n) is 4.26. The molecule has 1 amide bonds. The van der Waals surface area contributed by atoms with Gasteiger partial charge in [-0.05, 0) is 36.8 Å². The number of thiazole rings is 2. The maximum atomic E-state index is 12.5. The number of aromatic nitrogens is 2. The molecule has 0 saturated heterocycles. The summed E-state index contributed by atoms with van der Waals surface area (Å²) in [5, 5.41) is 4.98. The number of carbonyl (C=O) groups is 2. The van der Waals surface area contributed by atoms with Gasteiger partial charge in [0.25, 0.3) is 5.91 Å². The summed E-state index contributed by atoms with van der Waals surface area (Å²) in [6.07, 6.45) is 0.0984. The Morgan fingerprint density at radius 1 is 1.10 bits per heavy atom. The van der Waals surface area contributed by atoms with E-state index in [0.29, 0.717) is 23.0 Å². The van der Waals surface area contributed by atoms with Gasteiger partial charge in [-0.15, -0.1) is 22.7 Å². The minimum atomic E-state index is -0.329. The van der Waals surface area contributed by atoms with Crippen molar-refractivity contribution in [1.29, 1.82) is 0 Å². The number of fused-ring (bicyclic) bond motifs is 1. The Labute approximate surface area is 191 Å². The molecule has 6 nitrogen and oxygen atoms in total. The topological polar surface area (TPSA) is 81.2 Å². The molecule has 9 heteroatoms. The summed E-state index contributed by atoms with van der Waals surface area (Å²) in [7, 11) is 0. The lowest BCUT2D eigenvalue weighted by atomic mass is 10.1. The van der Waals surface area contributed by atoms with E-state index in [-0.39, 0.29) is 18.3 Å². The van der Waals surface area contributed by atoms with Crippen LogP contribution in [0.2, 0.25) is 0 Å². The quantitative estimate of drug-likeness (QED) is 0.275. The molecule has 0 atom stereocenters. The Morgan fingerprint density at radius 2 is 1.90 bits per heavy atom. The maximum absolute atomic E-state index is 12.5. The number of rotatable bonds is 8. The van der Waals surface area contributed by atoms with Gasteiger partial charge in [0.2, 0.25) is 0 Å². The van der Waals surface area contributed by atoms with E-state index < -0.39 is 0 Å². The Balaban J connectivity index is 1.31. The third-order valence-corrected chi connectivity index (χ3v) is 7.31. The number of esters is 1. The summed E-state index contributed by atoms with van der Waals surface area (Å²) in [4.78, 5) is 32.9. The van der Waals surface area contributed by atoms with Gasteiger partial charge in [-0.3, -0.25) is 14.9 Å². The standard InChI is InChI=1S/C22H19N3O3S3/c1-2-28-19(26)11-16-13-29-21(23-16)25-20(27)15-9-7-14(8-10-15)12-30-22-24-17-5-3-4-6-18(17)31-22/h3-10,13H,2,11-12H2,1H3,(H,23,25,27). The maximum Gasteiger partial charge on any atom is 0.311 e. The lowest BCUT2D eigenvalue weighted by Gasteiger charge is -2.04. The molecular weight excluding hydrogens is 450 g/mol. The first-order chi connectivity index (χ1) is 15.1. The highest BCUT2D eigenvalue weighted by Gasteiger charge is 2.12. The summed E-state index contributed by atoms with van der Waals surface area (Å²) in [5.74, 6) is 0.221. The van der Waals surface area contributed by atoms with Gasteiger partial charge in [0, 0.05) is 16.7 Å². The Kier molecular flexibility index (Phi) is 6.96.